The van der Waals surface area contributed by atoms with E-state index in [1.165, 1.54) is 0 Å². The van der Waals surface area contributed by atoms with Crippen molar-refractivity contribution in [3.63, 3.8) is 0 Å². The average Bonchev–Trinajstić information content (AvgIpc) is 2.79. The van der Waals surface area contributed by atoms with Gasteiger partial charge in [-0.2, -0.15) is 5.26 Å². The molecule has 1 amide bonds. The van der Waals surface area contributed by atoms with Gasteiger partial charge in [0.2, 0.25) is 0 Å². The van der Waals surface area contributed by atoms with Gasteiger partial charge in [-0.25, -0.2) is 0 Å². The van der Waals surface area contributed by atoms with E-state index in [0.29, 0.717) is 25.4 Å². The second-order valence-corrected chi connectivity index (χ2v) is 8.22. The van der Waals surface area contributed by atoms with Crippen LogP contribution in [0.1, 0.15) is 19.8 Å². The number of nitrogens with zero attached hydrogens (tertiary/aromatic N) is 2. The summed E-state index contributed by atoms with van der Waals surface area (Å²) in [5, 5.41) is 12.4. The first-order chi connectivity index (χ1) is 15.1. The van der Waals surface area contributed by atoms with Crippen LogP contribution in [-0.4, -0.2) is 36.5 Å². The molecule has 6 nitrogen and oxygen atoms in total. The lowest BCUT2D eigenvalue weighted by Gasteiger charge is -2.30. The first-order valence-electron chi connectivity index (χ1n) is 10.3. The molecule has 3 rings (SSSR count). The van der Waals surface area contributed by atoms with Crippen molar-refractivity contribution in [2.75, 3.05) is 25.0 Å². The van der Waals surface area contributed by atoms with Gasteiger partial charge in [-0.05, 0) is 44.0 Å². The summed E-state index contributed by atoms with van der Waals surface area (Å²) in [5.41, 5.74) is 0.648. The van der Waals surface area contributed by atoms with Gasteiger partial charge in [-0.15, -0.1) is 0 Å². The van der Waals surface area contributed by atoms with Crippen LogP contribution in [0, 0.1) is 17.2 Å². The molecule has 1 saturated heterocycles. The molecule has 1 unspecified atom stereocenters. The van der Waals surface area contributed by atoms with E-state index in [1.807, 2.05) is 65.6 Å². The fourth-order valence-electron chi connectivity index (χ4n) is 3.36. The van der Waals surface area contributed by atoms with Crippen molar-refractivity contribution in [2.45, 2.75) is 29.6 Å². The number of rotatable bonds is 7. The van der Waals surface area contributed by atoms with Crippen LogP contribution in [0.4, 0.5) is 5.69 Å². The molecule has 1 atom stereocenters. The van der Waals surface area contributed by atoms with E-state index in [1.54, 1.807) is 24.9 Å². The Kier molecular flexibility index (Phi) is 8.13. The van der Waals surface area contributed by atoms with Crippen LogP contribution in [0.15, 0.2) is 76.2 Å². The summed E-state index contributed by atoms with van der Waals surface area (Å²) < 4.78 is 5.12. The number of nitriles is 1. The van der Waals surface area contributed by atoms with Crippen molar-refractivity contribution in [1.82, 2.24) is 4.90 Å². The monoisotopic (exact) mass is 435 g/mol. The summed E-state index contributed by atoms with van der Waals surface area (Å²) in [4.78, 5) is 28.7. The Labute approximate surface area is 186 Å². The number of benzene rings is 2. The van der Waals surface area contributed by atoms with Crippen molar-refractivity contribution < 1.29 is 14.3 Å². The minimum absolute atomic E-state index is 0.00373. The molecule has 1 N–H and O–H groups in total. The molecule has 2 aromatic carbocycles. The van der Waals surface area contributed by atoms with Gasteiger partial charge in [0.05, 0.1) is 18.2 Å². The van der Waals surface area contributed by atoms with Gasteiger partial charge in [0, 0.05) is 29.1 Å². The van der Waals surface area contributed by atoms with Crippen LogP contribution < -0.4 is 5.32 Å². The lowest BCUT2D eigenvalue weighted by molar-refractivity contribution is -0.149. The van der Waals surface area contributed by atoms with Crippen LogP contribution in [0.25, 0.3) is 0 Å². The van der Waals surface area contributed by atoms with Gasteiger partial charge < -0.3 is 15.0 Å². The summed E-state index contributed by atoms with van der Waals surface area (Å²) in [6, 6.07) is 19.4. The predicted octanol–water partition coefficient (Wildman–Crippen LogP) is 4.46. The van der Waals surface area contributed by atoms with E-state index in [-0.39, 0.29) is 17.5 Å². The van der Waals surface area contributed by atoms with E-state index < -0.39 is 5.91 Å². The summed E-state index contributed by atoms with van der Waals surface area (Å²) in [7, 11) is 0. The van der Waals surface area contributed by atoms with Crippen molar-refractivity contribution in [1.29, 1.82) is 5.26 Å². The maximum atomic E-state index is 12.8. The summed E-state index contributed by atoms with van der Waals surface area (Å²) in [5.74, 6) is -0.937. The van der Waals surface area contributed by atoms with Gasteiger partial charge >= 0.3 is 5.97 Å². The van der Waals surface area contributed by atoms with Crippen LogP contribution in [0.5, 0.6) is 0 Å². The number of ether oxygens (including phenoxy) is 1. The molecule has 7 heteroatoms. The highest BCUT2D eigenvalue weighted by Gasteiger charge is 2.26. The third-order valence-corrected chi connectivity index (χ3v) is 5.94. The highest BCUT2D eigenvalue weighted by molar-refractivity contribution is 7.99. The Morgan fingerprint density at radius 1 is 1.23 bits per heavy atom. The lowest BCUT2D eigenvalue weighted by atomic mass is 9.98. The molecule has 0 radical (unpaired) electrons. The minimum Gasteiger partial charge on any atom is -0.466 e. The number of carbonyl (C=O) groups is 2. The Morgan fingerprint density at radius 2 is 1.97 bits per heavy atom. The molecule has 1 aliphatic heterocycles. The second-order valence-electron chi connectivity index (χ2n) is 7.11. The highest BCUT2D eigenvalue weighted by Crippen LogP contribution is 2.33. The molecule has 0 aliphatic carbocycles. The number of esters is 1. The molecule has 0 spiro atoms. The first-order valence-corrected chi connectivity index (χ1v) is 11.1. The molecule has 2 aromatic rings. The molecular formula is C24H25N3O3S. The molecule has 0 saturated carbocycles. The van der Waals surface area contributed by atoms with Gasteiger partial charge in [0.25, 0.3) is 5.91 Å². The Bertz CT molecular complexity index is 985. The third-order valence-electron chi connectivity index (χ3n) is 4.86. The maximum Gasteiger partial charge on any atom is 0.310 e. The molecule has 31 heavy (non-hydrogen) atoms. The van der Waals surface area contributed by atoms with E-state index in [9.17, 15) is 14.9 Å². The summed E-state index contributed by atoms with van der Waals surface area (Å²) in [6.07, 6.45) is 3.10. The van der Waals surface area contributed by atoms with E-state index in [0.717, 1.165) is 22.6 Å². The number of nitrogens with one attached hydrogen (secondary N) is 1. The van der Waals surface area contributed by atoms with Crippen molar-refractivity contribution in [3.05, 3.63) is 66.4 Å². The van der Waals surface area contributed by atoms with E-state index in [4.69, 9.17) is 4.74 Å². The summed E-state index contributed by atoms with van der Waals surface area (Å²) in [6.45, 7) is 3.26. The highest BCUT2D eigenvalue weighted by atomic mass is 32.2. The lowest BCUT2D eigenvalue weighted by Crippen LogP contribution is -2.37. The number of anilines is 1. The molecular weight excluding hydrogens is 410 g/mol. The van der Waals surface area contributed by atoms with Crippen LogP contribution in [0.3, 0.4) is 0 Å². The number of para-hydroxylation sites is 1. The van der Waals surface area contributed by atoms with Crippen molar-refractivity contribution in [2.24, 2.45) is 5.92 Å². The first kappa shape index (κ1) is 22.4. The average molecular weight is 436 g/mol. The number of piperidine rings is 1. The number of amides is 1. The second kappa shape index (κ2) is 11.2. The van der Waals surface area contributed by atoms with Crippen molar-refractivity contribution in [3.8, 4) is 6.07 Å². The van der Waals surface area contributed by atoms with E-state index in [2.05, 4.69) is 5.32 Å². The Hall–Kier alpha value is -3.24. The normalized spacial score (nSPS) is 16.3. The number of hydrogen-bond acceptors (Lipinski definition) is 6. The molecule has 1 aliphatic rings. The van der Waals surface area contributed by atoms with Gasteiger partial charge in [0.1, 0.15) is 11.6 Å². The Morgan fingerprint density at radius 3 is 2.71 bits per heavy atom. The van der Waals surface area contributed by atoms with Crippen LogP contribution in [-0.2, 0) is 14.3 Å². The zero-order valence-corrected chi connectivity index (χ0v) is 18.2. The van der Waals surface area contributed by atoms with Gasteiger partial charge in [-0.1, -0.05) is 42.1 Å². The molecule has 0 aromatic heterocycles. The molecule has 160 valence electrons. The minimum atomic E-state index is -0.470. The fraction of sp³-hybridized carbons (Fsp3) is 0.292. The number of likely N-dealkylation sites (tertiary alicyclic amines) is 1. The number of hydrogen-bond donors (Lipinski definition) is 1. The SMILES string of the molecule is CCOC(=O)C1CCCN(/C=C(/C#N)C(=O)Nc2ccccc2Sc2ccccc2)C1. The zero-order valence-electron chi connectivity index (χ0n) is 17.4. The largest absolute Gasteiger partial charge is 0.466 e. The maximum absolute atomic E-state index is 12.8. The number of carbonyl (C=O) groups excluding carboxylic acids is 2. The van der Waals surface area contributed by atoms with Crippen LogP contribution >= 0.6 is 11.8 Å². The fourth-order valence-corrected chi connectivity index (χ4v) is 4.28. The van der Waals surface area contributed by atoms with E-state index >= 15 is 0 Å². The predicted molar refractivity (Wildman–Crippen MR) is 120 cm³/mol. The quantitative estimate of drug-likeness (QED) is 0.393. The zero-order chi connectivity index (χ0) is 22.1. The molecule has 1 fully saturated rings. The van der Waals surface area contributed by atoms with Gasteiger partial charge in [-0.3, -0.25) is 9.59 Å². The smallest absolute Gasteiger partial charge is 0.310 e. The Balaban J connectivity index is 1.70. The summed E-state index contributed by atoms with van der Waals surface area (Å²) >= 11 is 1.54. The molecule has 0 bridgehead atoms. The van der Waals surface area contributed by atoms with Crippen LogP contribution in [0.2, 0.25) is 0 Å². The van der Waals surface area contributed by atoms with Crippen molar-refractivity contribution >= 4 is 29.3 Å². The topological polar surface area (TPSA) is 82.4 Å². The standard InChI is InChI=1S/C24H25N3O3S/c1-2-30-24(29)18-9-8-14-27(16-18)17-19(15-25)23(28)26-21-12-6-7-13-22(21)31-20-10-4-3-5-11-20/h3-7,10-13,17-18H,2,8-9,14,16H2,1H3,(H,26,28)/b19-17-. The third kappa shape index (κ3) is 6.37. The van der Waals surface area contributed by atoms with Gasteiger partial charge in [0.15, 0.2) is 0 Å². The molecule has 1 heterocycles.